The van der Waals surface area contributed by atoms with Crippen molar-refractivity contribution in [2.75, 3.05) is 5.73 Å². The van der Waals surface area contributed by atoms with Gasteiger partial charge in [-0.25, -0.2) is 0 Å². The van der Waals surface area contributed by atoms with Gasteiger partial charge >= 0.3 is 5.51 Å². The smallest absolute Gasteiger partial charge is 0.398 e. The highest BCUT2D eigenvalue weighted by atomic mass is 32.2. The highest BCUT2D eigenvalue weighted by Crippen LogP contribution is 2.41. The van der Waals surface area contributed by atoms with E-state index in [4.69, 9.17) is 5.73 Å². The zero-order valence-corrected chi connectivity index (χ0v) is 7.67. The maximum Gasteiger partial charge on any atom is 0.446 e. The second-order valence-electron chi connectivity index (χ2n) is 2.54. The zero-order chi connectivity index (χ0) is 10.1. The molecular weight excluding hydrogens is 199 g/mol. The first-order valence-corrected chi connectivity index (χ1v) is 4.32. The number of thioether (sulfide) groups is 1. The number of halogens is 3. The quantitative estimate of drug-likeness (QED) is 0.565. The van der Waals surface area contributed by atoms with Gasteiger partial charge in [-0.1, -0.05) is 12.1 Å². The Morgan fingerprint density at radius 3 is 2.38 bits per heavy atom. The second-order valence-corrected chi connectivity index (χ2v) is 3.62. The summed E-state index contributed by atoms with van der Waals surface area (Å²) < 4.78 is 36.0. The van der Waals surface area contributed by atoms with Gasteiger partial charge in [-0.2, -0.15) is 13.2 Å². The Labute approximate surface area is 78.1 Å². The summed E-state index contributed by atoms with van der Waals surface area (Å²) in [4.78, 5) is 0.0926. The molecular formula is C8H8F3NS. The van der Waals surface area contributed by atoms with Crippen LogP contribution in [0.15, 0.2) is 23.1 Å². The standard InChI is InChI=1S/C8H8F3NS/c1-5-3-2-4-6(12)7(5)13-8(9,10)11/h2-4H,12H2,1H3. The molecule has 0 aromatic heterocycles. The Hall–Kier alpha value is -0.840. The van der Waals surface area contributed by atoms with Crippen LogP contribution in [0, 0.1) is 6.92 Å². The molecule has 5 heteroatoms. The molecule has 1 aromatic rings. The zero-order valence-electron chi connectivity index (χ0n) is 6.85. The number of nitrogens with two attached hydrogens (primary N) is 1. The average molecular weight is 207 g/mol. The number of rotatable bonds is 1. The van der Waals surface area contributed by atoms with Crippen molar-refractivity contribution < 1.29 is 13.2 Å². The molecule has 2 N–H and O–H groups in total. The normalized spacial score (nSPS) is 11.7. The maximum absolute atomic E-state index is 12.0. The van der Waals surface area contributed by atoms with Crippen molar-refractivity contribution in [3.8, 4) is 0 Å². The number of benzene rings is 1. The third-order valence-electron chi connectivity index (χ3n) is 1.46. The third-order valence-corrected chi connectivity index (χ3v) is 2.45. The lowest BCUT2D eigenvalue weighted by molar-refractivity contribution is -0.0328. The van der Waals surface area contributed by atoms with Crippen molar-refractivity contribution in [3.63, 3.8) is 0 Å². The highest BCUT2D eigenvalue weighted by Gasteiger charge is 2.30. The van der Waals surface area contributed by atoms with Gasteiger partial charge in [0.05, 0.1) is 0 Å². The summed E-state index contributed by atoms with van der Waals surface area (Å²) in [6.45, 7) is 1.60. The van der Waals surface area contributed by atoms with Crippen molar-refractivity contribution in [1.29, 1.82) is 0 Å². The topological polar surface area (TPSA) is 26.0 Å². The van der Waals surface area contributed by atoms with Crippen LogP contribution in [0.25, 0.3) is 0 Å². The van der Waals surface area contributed by atoms with E-state index in [2.05, 4.69) is 0 Å². The summed E-state index contributed by atoms with van der Waals surface area (Å²) in [5.74, 6) is 0. The number of nitrogen functional groups attached to an aromatic ring is 1. The van der Waals surface area contributed by atoms with Crippen LogP contribution in [-0.4, -0.2) is 5.51 Å². The number of hydrogen-bond donors (Lipinski definition) is 1. The number of anilines is 1. The highest BCUT2D eigenvalue weighted by molar-refractivity contribution is 8.00. The van der Waals surface area contributed by atoms with E-state index in [-0.39, 0.29) is 22.3 Å². The predicted octanol–water partition coefficient (Wildman–Crippen LogP) is 3.19. The monoisotopic (exact) mass is 207 g/mol. The fraction of sp³-hybridized carbons (Fsp3) is 0.250. The molecule has 1 rings (SSSR count). The summed E-state index contributed by atoms with van der Waals surface area (Å²) in [6, 6.07) is 4.69. The number of aryl methyl sites for hydroxylation is 1. The molecule has 0 aliphatic heterocycles. The van der Waals surface area contributed by atoms with E-state index in [0.29, 0.717) is 5.56 Å². The average Bonchev–Trinajstić information content (AvgIpc) is 1.95. The lowest BCUT2D eigenvalue weighted by Crippen LogP contribution is -2.02. The van der Waals surface area contributed by atoms with Crippen molar-refractivity contribution in [1.82, 2.24) is 0 Å². The van der Waals surface area contributed by atoms with Gasteiger partial charge in [-0.3, -0.25) is 0 Å². The summed E-state index contributed by atoms with van der Waals surface area (Å²) in [5.41, 5.74) is 1.84. The van der Waals surface area contributed by atoms with Crippen molar-refractivity contribution in [3.05, 3.63) is 23.8 Å². The molecule has 0 spiro atoms. The van der Waals surface area contributed by atoms with E-state index in [9.17, 15) is 13.2 Å². The molecule has 13 heavy (non-hydrogen) atoms. The molecule has 0 aliphatic rings. The van der Waals surface area contributed by atoms with Crippen molar-refractivity contribution in [2.45, 2.75) is 17.3 Å². The van der Waals surface area contributed by atoms with E-state index in [1.54, 1.807) is 19.1 Å². The summed E-state index contributed by atoms with van der Waals surface area (Å²) in [7, 11) is 0. The van der Waals surface area contributed by atoms with E-state index in [1.165, 1.54) is 6.07 Å². The second kappa shape index (κ2) is 3.49. The minimum Gasteiger partial charge on any atom is -0.398 e. The molecule has 0 bridgehead atoms. The van der Waals surface area contributed by atoms with Crippen molar-refractivity contribution in [2.24, 2.45) is 0 Å². The molecule has 0 amide bonds. The lowest BCUT2D eigenvalue weighted by atomic mass is 10.2. The Morgan fingerprint density at radius 1 is 1.31 bits per heavy atom. The Morgan fingerprint density at radius 2 is 1.92 bits per heavy atom. The minimum absolute atomic E-state index is 0.0926. The molecule has 0 saturated carbocycles. The summed E-state index contributed by atoms with van der Waals surface area (Å²) in [5, 5.41) is 0. The molecule has 72 valence electrons. The number of alkyl halides is 3. The molecule has 0 unspecified atom stereocenters. The van der Waals surface area contributed by atoms with Gasteiger partial charge in [0.25, 0.3) is 0 Å². The Kier molecular flexibility index (Phi) is 2.75. The van der Waals surface area contributed by atoms with Crippen LogP contribution in [0.1, 0.15) is 5.56 Å². The molecule has 0 aliphatic carbocycles. The van der Waals surface area contributed by atoms with Crippen LogP contribution in [0.4, 0.5) is 18.9 Å². The first kappa shape index (κ1) is 10.2. The van der Waals surface area contributed by atoms with Gasteiger partial charge in [0, 0.05) is 10.6 Å². The molecule has 0 saturated heterocycles. The van der Waals surface area contributed by atoms with E-state index < -0.39 is 5.51 Å². The van der Waals surface area contributed by atoms with Crippen molar-refractivity contribution >= 4 is 17.4 Å². The molecule has 0 atom stereocenters. The fourth-order valence-corrected chi connectivity index (χ4v) is 1.58. The molecule has 1 aromatic carbocycles. The van der Waals surface area contributed by atoms with Crippen LogP contribution < -0.4 is 5.73 Å². The fourth-order valence-electron chi connectivity index (χ4n) is 0.930. The van der Waals surface area contributed by atoms with E-state index >= 15 is 0 Å². The summed E-state index contributed by atoms with van der Waals surface area (Å²) >= 11 is -0.171. The first-order chi connectivity index (χ1) is 5.90. The molecule has 0 fully saturated rings. The largest absolute Gasteiger partial charge is 0.446 e. The van der Waals surface area contributed by atoms with Gasteiger partial charge in [0.1, 0.15) is 0 Å². The van der Waals surface area contributed by atoms with Crippen LogP contribution >= 0.6 is 11.8 Å². The van der Waals surface area contributed by atoms with Gasteiger partial charge in [0.15, 0.2) is 0 Å². The van der Waals surface area contributed by atoms with Crippen LogP contribution in [0.2, 0.25) is 0 Å². The first-order valence-electron chi connectivity index (χ1n) is 3.51. The Balaban J connectivity index is 3.00. The van der Waals surface area contributed by atoms with Crippen LogP contribution in [0.5, 0.6) is 0 Å². The summed E-state index contributed by atoms with van der Waals surface area (Å²) in [6.07, 6.45) is 0. The molecule has 0 heterocycles. The minimum atomic E-state index is -4.28. The van der Waals surface area contributed by atoms with Gasteiger partial charge in [-0.15, -0.1) is 0 Å². The van der Waals surface area contributed by atoms with E-state index in [0.717, 1.165) is 0 Å². The third kappa shape index (κ3) is 2.84. The van der Waals surface area contributed by atoms with Gasteiger partial charge < -0.3 is 5.73 Å². The van der Waals surface area contributed by atoms with Gasteiger partial charge in [-0.05, 0) is 30.3 Å². The number of hydrogen-bond acceptors (Lipinski definition) is 2. The van der Waals surface area contributed by atoms with Crippen LogP contribution in [0.3, 0.4) is 0 Å². The van der Waals surface area contributed by atoms with E-state index in [1.807, 2.05) is 0 Å². The van der Waals surface area contributed by atoms with Gasteiger partial charge in [0.2, 0.25) is 0 Å². The molecule has 0 radical (unpaired) electrons. The van der Waals surface area contributed by atoms with Crippen LogP contribution in [-0.2, 0) is 0 Å². The predicted molar refractivity (Wildman–Crippen MR) is 47.5 cm³/mol. The molecule has 1 nitrogen and oxygen atoms in total. The SMILES string of the molecule is Cc1cccc(N)c1SC(F)(F)F. The maximum atomic E-state index is 12.0. The Bertz CT molecular complexity index is 288. The lowest BCUT2D eigenvalue weighted by Gasteiger charge is -2.10.